The first-order valence-electron chi connectivity index (χ1n) is 5.81. The normalized spacial score (nSPS) is 10.5. The van der Waals surface area contributed by atoms with Gasteiger partial charge in [-0.1, -0.05) is 35.9 Å². The van der Waals surface area contributed by atoms with Crippen molar-refractivity contribution in [2.24, 2.45) is 0 Å². The van der Waals surface area contributed by atoms with Gasteiger partial charge in [-0.3, -0.25) is 0 Å². The monoisotopic (exact) mass is 340 g/mol. The summed E-state index contributed by atoms with van der Waals surface area (Å²) in [7, 11) is 1.70. The number of nitrogens with zero attached hydrogens (tertiary/aromatic N) is 1. The number of benzene rings is 1. The number of pyridine rings is 1. The summed E-state index contributed by atoms with van der Waals surface area (Å²) in [5, 5.41) is 3.78. The van der Waals surface area contributed by atoms with Crippen molar-refractivity contribution in [2.45, 2.75) is 13.2 Å². The number of rotatable bonds is 5. The molecular weight excluding hydrogens is 328 g/mol. The van der Waals surface area contributed by atoms with Gasteiger partial charge in [-0.25, -0.2) is 4.98 Å². The average Bonchev–Trinajstić information content (AvgIpc) is 2.42. The van der Waals surface area contributed by atoms with Crippen LogP contribution in [0.2, 0.25) is 5.15 Å². The smallest absolute Gasteiger partial charge is 0.143 e. The maximum Gasteiger partial charge on any atom is 0.143 e. The molecular formula is C14H14BrClN2O. The Labute approximate surface area is 126 Å². The highest BCUT2D eigenvalue weighted by Crippen LogP contribution is 2.23. The molecule has 0 aliphatic rings. The van der Waals surface area contributed by atoms with Crippen LogP contribution in [0.15, 0.2) is 41.0 Å². The summed E-state index contributed by atoms with van der Waals surface area (Å²) in [6, 6.07) is 10.1. The fraction of sp³-hybridized carbons (Fsp3) is 0.214. The minimum atomic E-state index is 0.463. The number of halogens is 2. The lowest BCUT2D eigenvalue weighted by Gasteiger charge is -2.11. The zero-order chi connectivity index (χ0) is 13.7. The Bertz CT molecular complexity index is 563. The van der Waals surface area contributed by atoms with Gasteiger partial charge in [0.1, 0.15) is 5.15 Å². The lowest BCUT2D eigenvalue weighted by molar-refractivity contribution is 0.184. The van der Waals surface area contributed by atoms with E-state index in [4.69, 9.17) is 16.3 Å². The molecule has 19 heavy (non-hydrogen) atoms. The van der Waals surface area contributed by atoms with E-state index in [1.807, 2.05) is 18.2 Å². The van der Waals surface area contributed by atoms with Crippen LogP contribution in [0.1, 0.15) is 11.1 Å². The van der Waals surface area contributed by atoms with Gasteiger partial charge in [-0.05, 0) is 33.1 Å². The van der Waals surface area contributed by atoms with Crippen molar-refractivity contribution in [3.63, 3.8) is 0 Å². The van der Waals surface area contributed by atoms with Crippen molar-refractivity contribution in [2.75, 3.05) is 12.4 Å². The van der Waals surface area contributed by atoms with E-state index in [0.29, 0.717) is 11.8 Å². The Balaban J connectivity index is 2.07. The van der Waals surface area contributed by atoms with E-state index in [1.165, 1.54) is 11.1 Å². The van der Waals surface area contributed by atoms with Crippen molar-refractivity contribution >= 4 is 33.2 Å². The van der Waals surface area contributed by atoms with Crippen molar-refractivity contribution < 1.29 is 4.74 Å². The summed E-state index contributed by atoms with van der Waals surface area (Å²) in [5.41, 5.74) is 3.30. The molecule has 1 aromatic carbocycles. The third-order valence-electron chi connectivity index (χ3n) is 2.70. The lowest BCUT2D eigenvalue weighted by Crippen LogP contribution is -2.04. The fourth-order valence-corrected chi connectivity index (χ4v) is 2.19. The Kier molecular flexibility index (Phi) is 5.19. The maximum atomic E-state index is 5.86. The summed E-state index contributed by atoms with van der Waals surface area (Å²) in [4.78, 5) is 4.08. The third kappa shape index (κ3) is 3.93. The Morgan fingerprint density at radius 2 is 2.05 bits per heavy atom. The van der Waals surface area contributed by atoms with Crippen LogP contribution in [0, 0.1) is 0 Å². The predicted octanol–water partition coefficient (Wildman–Crippen LogP) is 4.26. The topological polar surface area (TPSA) is 34.1 Å². The van der Waals surface area contributed by atoms with Crippen LogP contribution in [0.3, 0.4) is 0 Å². The molecule has 0 fully saturated rings. The predicted molar refractivity (Wildman–Crippen MR) is 81.4 cm³/mol. The molecule has 0 spiro atoms. The van der Waals surface area contributed by atoms with E-state index >= 15 is 0 Å². The van der Waals surface area contributed by atoms with E-state index in [9.17, 15) is 0 Å². The van der Waals surface area contributed by atoms with Gasteiger partial charge in [0.15, 0.2) is 0 Å². The van der Waals surface area contributed by atoms with Gasteiger partial charge in [0.2, 0.25) is 0 Å². The van der Waals surface area contributed by atoms with E-state index in [1.54, 1.807) is 13.3 Å². The second kappa shape index (κ2) is 6.89. The highest BCUT2D eigenvalue weighted by Gasteiger charge is 2.03. The van der Waals surface area contributed by atoms with Gasteiger partial charge in [0.05, 0.1) is 23.0 Å². The first-order chi connectivity index (χ1) is 9.20. The van der Waals surface area contributed by atoms with Crippen molar-refractivity contribution in [3.05, 3.63) is 57.3 Å². The number of methoxy groups -OCH3 is 1. The summed E-state index contributed by atoms with van der Waals surface area (Å²) in [6.07, 6.45) is 1.71. The zero-order valence-corrected chi connectivity index (χ0v) is 12.8. The van der Waals surface area contributed by atoms with E-state index in [0.717, 1.165) is 16.7 Å². The van der Waals surface area contributed by atoms with Crippen LogP contribution >= 0.6 is 27.5 Å². The van der Waals surface area contributed by atoms with Crippen LogP contribution in [-0.4, -0.2) is 12.1 Å². The molecule has 0 unspecified atom stereocenters. The molecule has 0 bridgehead atoms. The fourth-order valence-electron chi connectivity index (χ4n) is 1.74. The molecule has 0 saturated heterocycles. The standard InChI is InChI=1S/C14H14BrClN2O/c1-19-9-11-5-3-2-4-10(11)7-17-12-6-13(15)14(16)18-8-12/h2-6,8,17H,7,9H2,1H3. The highest BCUT2D eigenvalue weighted by molar-refractivity contribution is 9.10. The summed E-state index contributed by atoms with van der Waals surface area (Å²) >= 11 is 9.22. The summed E-state index contributed by atoms with van der Waals surface area (Å²) in [5.74, 6) is 0. The number of hydrogen-bond donors (Lipinski definition) is 1. The Morgan fingerprint density at radius 3 is 2.74 bits per heavy atom. The maximum absolute atomic E-state index is 5.86. The summed E-state index contributed by atoms with van der Waals surface area (Å²) in [6.45, 7) is 1.33. The number of nitrogens with one attached hydrogen (secondary N) is 1. The minimum Gasteiger partial charge on any atom is -0.380 e. The first-order valence-corrected chi connectivity index (χ1v) is 6.98. The SMILES string of the molecule is COCc1ccccc1CNc1cnc(Cl)c(Br)c1. The van der Waals surface area contributed by atoms with Crippen molar-refractivity contribution in [1.29, 1.82) is 0 Å². The molecule has 2 rings (SSSR count). The molecule has 100 valence electrons. The van der Waals surface area contributed by atoms with Crippen LogP contribution in [-0.2, 0) is 17.9 Å². The van der Waals surface area contributed by atoms with E-state index in [2.05, 4.69) is 38.4 Å². The van der Waals surface area contributed by atoms with Crippen LogP contribution < -0.4 is 5.32 Å². The van der Waals surface area contributed by atoms with Crippen LogP contribution in [0.5, 0.6) is 0 Å². The second-order valence-electron chi connectivity index (χ2n) is 4.05. The van der Waals surface area contributed by atoms with Gasteiger partial charge < -0.3 is 10.1 Å². The molecule has 0 saturated carbocycles. The molecule has 1 N–H and O–H groups in total. The minimum absolute atomic E-state index is 0.463. The Hall–Kier alpha value is -1.10. The largest absolute Gasteiger partial charge is 0.380 e. The molecule has 0 radical (unpaired) electrons. The van der Waals surface area contributed by atoms with Crippen molar-refractivity contribution in [1.82, 2.24) is 4.98 Å². The lowest BCUT2D eigenvalue weighted by atomic mass is 10.1. The number of hydrogen-bond acceptors (Lipinski definition) is 3. The molecule has 0 amide bonds. The van der Waals surface area contributed by atoms with Gasteiger partial charge in [-0.2, -0.15) is 0 Å². The number of aromatic nitrogens is 1. The van der Waals surface area contributed by atoms with Crippen LogP contribution in [0.4, 0.5) is 5.69 Å². The van der Waals surface area contributed by atoms with Gasteiger partial charge >= 0.3 is 0 Å². The molecule has 1 aromatic heterocycles. The molecule has 0 aliphatic heterocycles. The van der Waals surface area contributed by atoms with Crippen molar-refractivity contribution in [3.8, 4) is 0 Å². The molecule has 0 aliphatic carbocycles. The number of ether oxygens (including phenoxy) is 1. The Morgan fingerprint density at radius 1 is 1.32 bits per heavy atom. The van der Waals surface area contributed by atoms with Gasteiger partial charge in [0, 0.05) is 13.7 Å². The van der Waals surface area contributed by atoms with Gasteiger partial charge in [-0.15, -0.1) is 0 Å². The number of anilines is 1. The molecule has 5 heteroatoms. The van der Waals surface area contributed by atoms with E-state index in [-0.39, 0.29) is 0 Å². The average molecular weight is 342 g/mol. The highest BCUT2D eigenvalue weighted by atomic mass is 79.9. The summed E-state index contributed by atoms with van der Waals surface area (Å²) < 4.78 is 5.97. The van der Waals surface area contributed by atoms with Crippen LogP contribution in [0.25, 0.3) is 0 Å². The molecule has 3 nitrogen and oxygen atoms in total. The first kappa shape index (κ1) is 14.3. The molecule has 0 atom stereocenters. The quantitative estimate of drug-likeness (QED) is 0.825. The molecule has 1 heterocycles. The third-order valence-corrected chi connectivity index (χ3v) is 3.83. The second-order valence-corrected chi connectivity index (χ2v) is 5.26. The van der Waals surface area contributed by atoms with Gasteiger partial charge in [0.25, 0.3) is 0 Å². The molecule has 2 aromatic rings. The zero-order valence-electron chi connectivity index (χ0n) is 10.5. The van der Waals surface area contributed by atoms with E-state index < -0.39 is 0 Å².